The van der Waals surface area contributed by atoms with Crippen LogP contribution in [0.5, 0.6) is 11.5 Å². The van der Waals surface area contributed by atoms with E-state index in [4.69, 9.17) is 18.9 Å². The third kappa shape index (κ3) is 11.0. The standard InChI is InChI=1S/C13H17F3O2.C11H14O4/c1-3-17-10(2)9-18-12-6-4-5-11(7-8-12)13(14,15)16;1-8-6-9(13-2)4-5-10(8)15-7-11(12)14-3/h4,6-8,10H,3,5,9H2,1-2H3;4-6H,7H2,1-3H3. The lowest BCUT2D eigenvalue weighted by Crippen LogP contribution is -2.15. The fraction of sp³-hybridized carbons (Fsp3) is 0.458. The van der Waals surface area contributed by atoms with E-state index in [9.17, 15) is 18.0 Å². The van der Waals surface area contributed by atoms with Gasteiger partial charge in [-0.15, -0.1) is 0 Å². The quantitative estimate of drug-likeness (QED) is 0.454. The highest BCUT2D eigenvalue weighted by atomic mass is 19.4. The normalized spacial score (nSPS) is 14.1. The van der Waals surface area contributed by atoms with Crippen LogP contribution in [0.15, 0.2) is 53.8 Å². The highest BCUT2D eigenvalue weighted by Crippen LogP contribution is 2.30. The van der Waals surface area contributed by atoms with Gasteiger partial charge in [0.1, 0.15) is 23.9 Å². The number of esters is 1. The summed E-state index contributed by atoms with van der Waals surface area (Å²) in [6.07, 6.45) is 0.893. The summed E-state index contributed by atoms with van der Waals surface area (Å²) in [5, 5.41) is 0. The minimum absolute atomic E-state index is 0.0797. The van der Waals surface area contributed by atoms with Crippen LogP contribution in [0.3, 0.4) is 0 Å². The lowest BCUT2D eigenvalue weighted by molar-refractivity contribution is -0.142. The van der Waals surface area contributed by atoms with Crippen LogP contribution in [-0.2, 0) is 19.0 Å². The van der Waals surface area contributed by atoms with Crippen LogP contribution in [0.4, 0.5) is 13.2 Å². The number of halogens is 3. The van der Waals surface area contributed by atoms with Crippen LogP contribution in [0.2, 0.25) is 0 Å². The van der Waals surface area contributed by atoms with Crippen LogP contribution < -0.4 is 9.47 Å². The molecule has 1 aliphatic rings. The predicted molar refractivity (Wildman–Crippen MR) is 118 cm³/mol. The summed E-state index contributed by atoms with van der Waals surface area (Å²) in [4.78, 5) is 10.8. The second-order valence-corrected chi connectivity index (χ2v) is 6.94. The van der Waals surface area contributed by atoms with E-state index in [-0.39, 0.29) is 19.1 Å². The van der Waals surface area contributed by atoms with Gasteiger partial charge in [-0.3, -0.25) is 0 Å². The van der Waals surface area contributed by atoms with E-state index in [0.29, 0.717) is 24.7 Å². The van der Waals surface area contributed by atoms with Crippen LogP contribution in [0, 0.1) is 6.92 Å². The predicted octanol–water partition coefficient (Wildman–Crippen LogP) is 5.32. The summed E-state index contributed by atoms with van der Waals surface area (Å²) in [5.74, 6) is 1.44. The van der Waals surface area contributed by atoms with Crippen LogP contribution >= 0.6 is 0 Å². The maximum Gasteiger partial charge on any atom is 0.412 e. The van der Waals surface area contributed by atoms with Crippen molar-refractivity contribution in [1.29, 1.82) is 0 Å². The molecule has 0 aliphatic heterocycles. The van der Waals surface area contributed by atoms with Gasteiger partial charge in [-0.05, 0) is 63.1 Å². The highest BCUT2D eigenvalue weighted by molar-refractivity contribution is 5.70. The van der Waals surface area contributed by atoms with Gasteiger partial charge >= 0.3 is 12.1 Å². The summed E-state index contributed by atoms with van der Waals surface area (Å²) >= 11 is 0. The van der Waals surface area contributed by atoms with Gasteiger partial charge in [-0.1, -0.05) is 12.2 Å². The Morgan fingerprint density at radius 3 is 2.45 bits per heavy atom. The van der Waals surface area contributed by atoms with Crippen molar-refractivity contribution in [1.82, 2.24) is 0 Å². The molecule has 9 heteroatoms. The van der Waals surface area contributed by atoms with Gasteiger partial charge in [0.2, 0.25) is 0 Å². The maximum absolute atomic E-state index is 12.5. The Balaban J connectivity index is 0.000000335. The van der Waals surface area contributed by atoms with Crippen molar-refractivity contribution < 1.29 is 41.7 Å². The van der Waals surface area contributed by atoms with Crippen molar-refractivity contribution in [2.24, 2.45) is 0 Å². The van der Waals surface area contributed by atoms with Crippen LogP contribution in [0.25, 0.3) is 0 Å². The Morgan fingerprint density at radius 2 is 1.88 bits per heavy atom. The molecule has 1 aromatic rings. The molecule has 0 bridgehead atoms. The molecule has 0 saturated carbocycles. The van der Waals surface area contributed by atoms with Crippen molar-refractivity contribution >= 4 is 5.97 Å². The molecule has 0 N–H and O–H groups in total. The zero-order valence-electron chi connectivity index (χ0n) is 19.5. The number of rotatable bonds is 9. The molecular weight excluding hydrogens is 441 g/mol. The average Bonchev–Trinajstić information content (AvgIpc) is 3.03. The number of aryl methyl sites for hydroxylation is 1. The number of hydrogen-bond donors (Lipinski definition) is 0. The fourth-order valence-corrected chi connectivity index (χ4v) is 2.57. The molecule has 33 heavy (non-hydrogen) atoms. The number of alkyl halides is 3. The number of benzene rings is 1. The third-order valence-corrected chi connectivity index (χ3v) is 4.32. The zero-order valence-corrected chi connectivity index (χ0v) is 19.5. The van der Waals surface area contributed by atoms with Gasteiger partial charge in [-0.25, -0.2) is 4.79 Å². The molecular formula is C24H31F3O6. The number of hydrogen-bond acceptors (Lipinski definition) is 6. The molecule has 0 fully saturated rings. The lowest BCUT2D eigenvalue weighted by atomic mass is 10.2. The Kier molecular flexibility index (Phi) is 12.1. The Labute approximate surface area is 192 Å². The fourth-order valence-electron chi connectivity index (χ4n) is 2.57. The van der Waals surface area contributed by atoms with Crippen molar-refractivity contribution in [3.05, 3.63) is 59.4 Å². The van der Waals surface area contributed by atoms with E-state index in [2.05, 4.69) is 4.74 Å². The topological polar surface area (TPSA) is 63.2 Å². The summed E-state index contributed by atoms with van der Waals surface area (Å²) in [6.45, 7) is 6.43. The number of methoxy groups -OCH3 is 2. The molecule has 0 amide bonds. The average molecular weight is 473 g/mol. The van der Waals surface area contributed by atoms with Crippen molar-refractivity contribution in [2.45, 2.75) is 39.5 Å². The first-order valence-corrected chi connectivity index (χ1v) is 10.3. The molecule has 1 aromatic carbocycles. The first kappa shape index (κ1) is 28.1. The zero-order chi connectivity index (χ0) is 24.9. The Morgan fingerprint density at radius 1 is 1.15 bits per heavy atom. The summed E-state index contributed by atoms with van der Waals surface area (Å²) in [6, 6.07) is 5.38. The second-order valence-electron chi connectivity index (χ2n) is 6.94. The molecule has 0 saturated heterocycles. The number of ether oxygens (including phenoxy) is 5. The van der Waals surface area contributed by atoms with Gasteiger partial charge in [0.25, 0.3) is 0 Å². The molecule has 2 rings (SSSR count). The summed E-state index contributed by atoms with van der Waals surface area (Å²) < 4.78 is 62.8. The van der Waals surface area contributed by atoms with E-state index in [1.54, 1.807) is 25.3 Å². The molecule has 184 valence electrons. The summed E-state index contributed by atoms with van der Waals surface area (Å²) in [5.41, 5.74) is 0.341. The monoisotopic (exact) mass is 472 g/mol. The lowest BCUT2D eigenvalue weighted by Gasteiger charge is -2.13. The first-order chi connectivity index (χ1) is 15.6. The number of carbonyl (C=O) groups excluding carboxylic acids is 1. The minimum atomic E-state index is -4.28. The highest BCUT2D eigenvalue weighted by Gasteiger charge is 2.32. The van der Waals surface area contributed by atoms with E-state index < -0.39 is 17.7 Å². The smallest absolute Gasteiger partial charge is 0.412 e. The van der Waals surface area contributed by atoms with Crippen LogP contribution in [-0.4, -0.2) is 52.3 Å². The van der Waals surface area contributed by atoms with Gasteiger partial charge in [0.05, 0.1) is 20.3 Å². The molecule has 6 nitrogen and oxygen atoms in total. The molecule has 0 spiro atoms. The second kappa shape index (κ2) is 14.3. The third-order valence-electron chi connectivity index (χ3n) is 4.32. The SMILES string of the molecule is CCOC(C)COC1=CC=C(C(F)(F)F)CC=C1.COC(=O)COc1ccc(OC)cc1C. The molecule has 1 atom stereocenters. The van der Waals surface area contributed by atoms with Crippen molar-refractivity contribution in [2.75, 3.05) is 34.0 Å². The molecule has 0 aromatic heterocycles. The van der Waals surface area contributed by atoms with Gasteiger partial charge < -0.3 is 23.7 Å². The van der Waals surface area contributed by atoms with Crippen LogP contribution in [0.1, 0.15) is 25.8 Å². The first-order valence-electron chi connectivity index (χ1n) is 10.3. The van der Waals surface area contributed by atoms with Crippen molar-refractivity contribution in [3.8, 4) is 11.5 Å². The minimum Gasteiger partial charge on any atom is -0.497 e. The van der Waals surface area contributed by atoms with Gasteiger partial charge in [0, 0.05) is 12.2 Å². The largest absolute Gasteiger partial charge is 0.497 e. The molecule has 1 unspecified atom stereocenters. The van der Waals surface area contributed by atoms with E-state index >= 15 is 0 Å². The van der Waals surface area contributed by atoms with E-state index in [1.807, 2.05) is 26.8 Å². The number of carbonyl (C=O) groups is 1. The van der Waals surface area contributed by atoms with Gasteiger partial charge in [-0.2, -0.15) is 13.2 Å². The van der Waals surface area contributed by atoms with Gasteiger partial charge in [0.15, 0.2) is 6.61 Å². The maximum atomic E-state index is 12.5. The Bertz CT molecular complexity index is 843. The Hall–Kier alpha value is -2.94. The molecule has 0 heterocycles. The van der Waals surface area contributed by atoms with E-state index in [1.165, 1.54) is 19.3 Å². The number of allylic oxidation sites excluding steroid dienone is 5. The van der Waals surface area contributed by atoms with Crippen molar-refractivity contribution in [3.63, 3.8) is 0 Å². The van der Waals surface area contributed by atoms with E-state index in [0.717, 1.165) is 17.4 Å². The summed E-state index contributed by atoms with van der Waals surface area (Å²) in [7, 11) is 2.93. The molecule has 1 aliphatic carbocycles. The molecule has 0 radical (unpaired) electrons.